The number of benzene rings is 2. The molecule has 1 N–H and O–H groups in total. The Bertz CT molecular complexity index is 782. The molecule has 0 unspecified atom stereocenters. The first kappa shape index (κ1) is 19.2. The van der Waals surface area contributed by atoms with Crippen LogP contribution in [0.3, 0.4) is 0 Å². The summed E-state index contributed by atoms with van der Waals surface area (Å²) in [6.07, 6.45) is 1.48. The Morgan fingerprint density at radius 2 is 1.70 bits per heavy atom. The smallest absolute Gasteiger partial charge is 0.258 e. The molecule has 0 bridgehead atoms. The molecule has 142 valence electrons. The van der Waals surface area contributed by atoms with E-state index in [0.29, 0.717) is 29.4 Å². The van der Waals surface area contributed by atoms with Crippen molar-refractivity contribution in [3.05, 3.63) is 64.7 Å². The second-order valence-electron chi connectivity index (χ2n) is 6.74. The summed E-state index contributed by atoms with van der Waals surface area (Å²) in [5.74, 6) is 0.493. The highest BCUT2D eigenvalue weighted by Gasteiger charge is 2.24. The van der Waals surface area contributed by atoms with Gasteiger partial charge in [-0.3, -0.25) is 9.59 Å². The lowest BCUT2D eigenvalue weighted by atomic mass is 10.0. The van der Waals surface area contributed by atoms with Crippen LogP contribution in [0.4, 0.5) is 0 Å². The van der Waals surface area contributed by atoms with E-state index in [1.54, 1.807) is 24.3 Å². The highest BCUT2D eigenvalue weighted by molar-refractivity contribution is 6.30. The van der Waals surface area contributed by atoms with Crippen LogP contribution in [0.5, 0.6) is 5.75 Å². The van der Waals surface area contributed by atoms with E-state index in [1.807, 2.05) is 36.1 Å². The van der Waals surface area contributed by atoms with Crippen LogP contribution in [0.25, 0.3) is 0 Å². The van der Waals surface area contributed by atoms with Gasteiger partial charge in [0.1, 0.15) is 5.75 Å². The number of nitrogens with one attached hydrogen (secondary N) is 1. The molecule has 0 radical (unpaired) electrons. The zero-order valence-electron chi connectivity index (χ0n) is 15.3. The number of piperidine rings is 1. The lowest BCUT2D eigenvalue weighted by Crippen LogP contribution is -2.47. The van der Waals surface area contributed by atoms with Crippen LogP contribution in [-0.4, -0.2) is 42.5 Å². The van der Waals surface area contributed by atoms with Crippen molar-refractivity contribution in [3.8, 4) is 5.75 Å². The third kappa shape index (κ3) is 5.47. The Balaban J connectivity index is 1.42. The molecule has 2 amide bonds. The van der Waals surface area contributed by atoms with Gasteiger partial charge in [0.15, 0.2) is 6.61 Å². The average molecular weight is 387 g/mol. The summed E-state index contributed by atoms with van der Waals surface area (Å²) in [7, 11) is 0. The molecule has 27 heavy (non-hydrogen) atoms. The van der Waals surface area contributed by atoms with Crippen molar-refractivity contribution in [2.75, 3.05) is 19.7 Å². The van der Waals surface area contributed by atoms with E-state index in [-0.39, 0.29) is 24.5 Å². The van der Waals surface area contributed by atoms with Crippen LogP contribution in [-0.2, 0) is 4.79 Å². The number of carbonyl (C=O) groups is 2. The fourth-order valence-corrected chi connectivity index (χ4v) is 3.18. The maximum Gasteiger partial charge on any atom is 0.258 e. The summed E-state index contributed by atoms with van der Waals surface area (Å²) in [5.41, 5.74) is 1.84. The third-order valence-corrected chi connectivity index (χ3v) is 4.88. The van der Waals surface area contributed by atoms with Crippen molar-refractivity contribution in [1.29, 1.82) is 0 Å². The average Bonchev–Trinajstić information content (AvgIpc) is 2.68. The van der Waals surface area contributed by atoms with Crippen molar-refractivity contribution in [3.63, 3.8) is 0 Å². The lowest BCUT2D eigenvalue weighted by Gasteiger charge is -2.32. The first-order chi connectivity index (χ1) is 13.0. The highest BCUT2D eigenvalue weighted by atomic mass is 35.5. The fraction of sp³-hybridized carbons (Fsp3) is 0.333. The first-order valence-electron chi connectivity index (χ1n) is 9.05. The molecular weight excluding hydrogens is 364 g/mol. The molecular formula is C21H23ClN2O3. The third-order valence-electron chi connectivity index (χ3n) is 4.63. The molecule has 2 aromatic rings. The number of ether oxygens (including phenoxy) is 1. The van der Waals surface area contributed by atoms with Gasteiger partial charge in [0, 0.05) is 29.7 Å². The van der Waals surface area contributed by atoms with Crippen LogP contribution >= 0.6 is 11.6 Å². The highest BCUT2D eigenvalue weighted by Crippen LogP contribution is 2.16. The van der Waals surface area contributed by atoms with Crippen molar-refractivity contribution >= 4 is 23.4 Å². The fourth-order valence-electron chi connectivity index (χ4n) is 3.05. The van der Waals surface area contributed by atoms with Crippen LogP contribution in [0.1, 0.15) is 28.8 Å². The molecule has 0 saturated carbocycles. The van der Waals surface area contributed by atoms with Gasteiger partial charge < -0.3 is 15.0 Å². The summed E-state index contributed by atoms with van der Waals surface area (Å²) in [6, 6.07) is 14.6. The topological polar surface area (TPSA) is 58.6 Å². The number of hydrogen-bond acceptors (Lipinski definition) is 3. The number of nitrogens with zero attached hydrogens (tertiary/aromatic N) is 1. The largest absolute Gasteiger partial charge is 0.484 e. The molecule has 1 saturated heterocycles. The van der Waals surface area contributed by atoms with Crippen LogP contribution in [0.15, 0.2) is 48.5 Å². The zero-order chi connectivity index (χ0) is 19.2. The number of hydrogen-bond donors (Lipinski definition) is 1. The maximum absolute atomic E-state index is 12.5. The number of amides is 2. The standard InChI is InChI=1S/C21H23ClN2O3/c1-15-2-4-16(5-3-15)21(26)24-12-10-18(11-13-24)23-20(25)14-27-19-8-6-17(22)7-9-19/h2-9,18H,10-14H2,1H3,(H,23,25). The van der Waals surface area contributed by atoms with Gasteiger partial charge in [-0.25, -0.2) is 0 Å². The van der Waals surface area contributed by atoms with Crippen molar-refractivity contribution < 1.29 is 14.3 Å². The first-order valence-corrected chi connectivity index (χ1v) is 9.43. The van der Waals surface area contributed by atoms with E-state index in [1.165, 1.54) is 0 Å². The van der Waals surface area contributed by atoms with Crippen LogP contribution in [0, 0.1) is 6.92 Å². The molecule has 0 aliphatic carbocycles. The van der Waals surface area contributed by atoms with Gasteiger partial charge in [-0.15, -0.1) is 0 Å². The summed E-state index contributed by atoms with van der Waals surface area (Å²) < 4.78 is 5.46. The van der Waals surface area contributed by atoms with E-state index in [2.05, 4.69) is 5.32 Å². The van der Waals surface area contributed by atoms with Gasteiger partial charge in [-0.2, -0.15) is 0 Å². The van der Waals surface area contributed by atoms with Crippen molar-refractivity contribution in [2.45, 2.75) is 25.8 Å². The van der Waals surface area contributed by atoms with Gasteiger partial charge in [-0.05, 0) is 56.2 Å². The van der Waals surface area contributed by atoms with Crippen molar-refractivity contribution in [2.24, 2.45) is 0 Å². The van der Waals surface area contributed by atoms with E-state index in [0.717, 1.165) is 18.4 Å². The predicted molar refractivity (Wildman–Crippen MR) is 105 cm³/mol. The maximum atomic E-state index is 12.5. The predicted octanol–water partition coefficient (Wildman–Crippen LogP) is 3.45. The van der Waals surface area contributed by atoms with Gasteiger partial charge in [0.05, 0.1) is 0 Å². The van der Waals surface area contributed by atoms with Crippen molar-refractivity contribution in [1.82, 2.24) is 10.2 Å². The van der Waals surface area contributed by atoms with E-state index < -0.39 is 0 Å². The van der Waals surface area contributed by atoms with Crippen LogP contribution in [0.2, 0.25) is 5.02 Å². The Morgan fingerprint density at radius 3 is 2.33 bits per heavy atom. The van der Waals surface area contributed by atoms with E-state index >= 15 is 0 Å². The van der Waals surface area contributed by atoms with E-state index in [9.17, 15) is 9.59 Å². The number of aryl methyl sites for hydroxylation is 1. The Kier molecular flexibility index (Phi) is 6.35. The molecule has 2 aromatic carbocycles. The summed E-state index contributed by atoms with van der Waals surface area (Å²) >= 11 is 5.82. The van der Waals surface area contributed by atoms with Gasteiger partial charge >= 0.3 is 0 Å². The summed E-state index contributed by atoms with van der Waals surface area (Å²) in [5, 5.41) is 3.60. The number of carbonyl (C=O) groups excluding carboxylic acids is 2. The minimum absolute atomic E-state index is 0.0376. The molecule has 1 aliphatic rings. The SMILES string of the molecule is Cc1ccc(C(=O)N2CCC(NC(=O)COc3ccc(Cl)cc3)CC2)cc1. The minimum Gasteiger partial charge on any atom is -0.484 e. The molecule has 0 atom stereocenters. The molecule has 3 rings (SSSR count). The molecule has 1 heterocycles. The molecule has 1 aliphatic heterocycles. The second-order valence-corrected chi connectivity index (χ2v) is 7.18. The zero-order valence-corrected chi connectivity index (χ0v) is 16.0. The quantitative estimate of drug-likeness (QED) is 0.856. The monoisotopic (exact) mass is 386 g/mol. The Hall–Kier alpha value is -2.53. The lowest BCUT2D eigenvalue weighted by molar-refractivity contribution is -0.124. The number of likely N-dealkylation sites (tertiary alicyclic amines) is 1. The van der Waals surface area contributed by atoms with Gasteiger partial charge in [0.25, 0.3) is 11.8 Å². The number of halogens is 1. The van der Waals surface area contributed by atoms with Gasteiger partial charge in [0.2, 0.25) is 0 Å². The molecule has 6 heteroatoms. The molecule has 0 spiro atoms. The molecule has 0 aromatic heterocycles. The minimum atomic E-state index is -0.159. The normalized spacial score (nSPS) is 14.7. The number of rotatable bonds is 5. The van der Waals surface area contributed by atoms with Crippen LogP contribution < -0.4 is 10.1 Å². The van der Waals surface area contributed by atoms with Gasteiger partial charge in [-0.1, -0.05) is 29.3 Å². The summed E-state index contributed by atoms with van der Waals surface area (Å²) in [6.45, 7) is 3.23. The molecule has 1 fully saturated rings. The Labute approximate surface area is 164 Å². The van der Waals surface area contributed by atoms with E-state index in [4.69, 9.17) is 16.3 Å². The Morgan fingerprint density at radius 1 is 1.07 bits per heavy atom. The molecule has 5 nitrogen and oxygen atoms in total. The summed E-state index contributed by atoms with van der Waals surface area (Å²) in [4.78, 5) is 26.5. The second kappa shape index (κ2) is 8.91.